The Labute approximate surface area is 263 Å². The Bertz CT molecular complexity index is 1820. The van der Waals surface area contributed by atoms with Gasteiger partial charge in [0.2, 0.25) is 5.95 Å². The number of halogens is 3. The normalized spacial score (nSPS) is 12.1. The molecule has 10 nitrogen and oxygen atoms in total. The zero-order valence-electron chi connectivity index (χ0n) is 25.5. The quantitative estimate of drug-likeness (QED) is 0.168. The molecule has 15 heteroatoms. The number of hydrogen-bond acceptors (Lipinski definition) is 9. The number of carbonyl (C=O) groups excluding carboxylic acids is 1. The van der Waals surface area contributed by atoms with Crippen molar-refractivity contribution in [3.05, 3.63) is 71.1 Å². The summed E-state index contributed by atoms with van der Waals surface area (Å²) >= 11 is 1.29. The van der Waals surface area contributed by atoms with Crippen molar-refractivity contribution in [1.82, 2.24) is 20.3 Å². The largest absolute Gasteiger partial charge is 0.444 e. The Kier molecular flexibility index (Phi) is 9.73. The highest BCUT2D eigenvalue weighted by Crippen LogP contribution is 2.42. The van der Waals surface area contributed by atoms with E-state index in [1.54, 1.807) is 26.8 Å². The van der Waals surface area contributed by atoms with Crippen molar-refractivity contribution in [2.45, 2.75) is 57.5 Å². The predicted molar refractivity (Wildman–Crippen MR) is 167 cm³/mol. The maximum Gasteiger partial charge on any atom is 0.407 e. The number of benzene rings is 2. The highest BCUT2D eigenvalue weighted by atomic mass is 32.2. The molecular weight excluding hydrogens is 629 g/mol. The molecule has 0 saturated carbocycles. The molecule has 0 atom stereocenters. The van der Waals surface area contributed by atoms with Gasteiger partial charge in [-0.3, -0.25) is 4.72 Å². The average molecular weight is 663 g/mol. The van der Waals surface area contributed by atoms with Crippen molar-refractivity contribution in [2.75, 3.05) is 23.1 Å². The molecule has 0 aliphatic carbocycles. The molecular formula is C30H33F3N6O4S2. The number of carbonyl (C=O) groups is 1. The number of rotatable bonds is 9. The minimum atomic E-state index is -4.69. The average Bonchev–Trinajstić information content (AvgIpc) is 3.39. The first-order valence-electron chi connectivity index (χ1n) is 13.8. The van der Waals surface area contributed by atoms with E-state index < -0.39 is 55.2 Å². The summed E-state index contributed by atoms with van der Waals surface area (Å²) in [5.41, 5.74) is -0.944. The fraction of sp³-hybridized carbons (Fsp3) is 0.333. The summed E-state index contributed by atoms with van der Waals surface area (Å²) in [5, 5.41) is 6.32. The Hall–Kier alpha value is -4.24. The minimum Gasteiger partial charge on any atom is -0.444 e. The van der Waals surface area contributed by atoms with Crippen LogP contribution in [0.4, 0.5) is 29.6 Å². The first-order chi connectivity index (χ1) is 20.9. The number of hydrogen-bond donors (Lipinski definition) is 3. The van der Waals surface area contributed by atoms with Crippen molar-refractivity contribution in [3.63, 3.8) is 0 Å². The summed E-state index contributed by atoms with van der Waals surface area (Å²) in [5.74, 6) is -2.88. The number of alkyl carbamates (subject to hydrolysis) is 1. The molecule has 0 bridgehead atoms. The van der Waals surface area contributed by atoms with Gasteiger partial charge in [-0.25, -0.2) is 41.3 Å². The molecule has 0 spiro atoms. The fourth-order valence-corrected chi connectivity index (χ4v) is 6.15. The van der Waals surface area contributed by atoms with Crippen LogP contribution in [-0.2, 0) is 20.2 Å². The van der Waals surface area contributed by atoms with Crippen molar-refractivity contribution < 1.29 is 31.1 Å². The second kappa shape index (κ2) is 13.0. The monoisotopic (exact) mass is 662 g/mol. The van der Waals surface area contributed by atoms with Crippen molar-refractivity contribution in [2.24, 2.45) is 0 Å². The molecule has 3 N–H and O–H groups in total. The van der Waals surface area contributed by atoms with Crippen LogP contribution in [-0.4, -0.2) is 48.2 Å². The van der Waals surface area contributed by atoms with E-state index in [0.717, 1.165) is 6.07 Å². The van der Waals surface area contributed by atoms with E-state index in [2.05, 4.69) is 20.6 Å². The molecule has 0 aliphatic heterocycles. The molecule has 2 aromatic heterocycles. The molecule has 4 rings (SSSR count). The molecule has 0 radical (unpaired) electrons. The van der Waals surface area contributed by atoms with E-state index in [-0.39, 0.29) is 30.3 Å². The lowest BCUT2D eigenvalue weighted by Crippen LogP contribution is -2.35. The van der Waals surface area contributed by atoms with Crippen LogP contribution in [0.15, 0.2) is 53.6 Å². The van der Waals surface area contributed by atoms with Gasteiger partial charge in [-0.2, -0.15) is 0 Å². The van der Waals surface area contributed by atoms with Gasteiger partial charge < -0.3 is 15.4 Å². The third-order valence-corrected chi connectivity index (χ3v) is 8.80. The minimum absolute atomic E-state index is 0.0358. The van der Waals surface area contributed by atoms with Crippen LogP contribution in [0.1, 0.15) is 46.6 Å². The highest BCUT2D eigenvalue weighted by Gasteiger charge is 2.28. The number of nitrogens with zero attached hydrogens (tertiary/aromatic N) is 3. The van der Waals surface area contributed by atoms with Gasteiger partial charge in [0.05, 0.1) is 27.0 Å². The fourth-order valence-electron chi connectivity index (χ4n) is 3.90. The summed E-state index contributed by atoms with van der Waals surface area (Å²) in [6, 6.07) is 7.62. The molecule has 240 valence electrons. The number of anilines is 2. The molecule has 45 heavy (non-hydrogen) atoms. The van der Waals surface area contributed by atoms with Gasteiger partial charge in [0.1, 0.15) is 22.1 Å². The topological polar surface area (TPSA) is 135 Å². The van der Waals surface area contributed by atoms with Gasteiger partial charge in [0.25, 0.3) is 10.0 Å². The summed E-state index contributed by atoms with van der Waals surface area (Å²) < 4.78 is 77.0. The third kappa shape index (κ3) is 8.48. The van der Waals surface area contributed by atoms with Crippen LogP contribution in [0, 0.1) is 17.5 Å². The van der Waals surface area contributed by atoms with Crippen molar-refractivity contribution >= 4 is 39.1 Å². The van der Waals surface area contributed by atoms with Crippen molar-refractivity contribution in [1.29, 1.82) is 0 Å². The van der Waals surface area contributed by atoms with Crippen LogP contribution in [0.3, 0.4) is 0 Å². The third-order valence-electron chi connectivity index (χ3n) is 5.91. The lowest BCUT2D eigenvalue weighted by molar-refractivity contribution is 0.0530. The molecule has 0 saturated heterocycles. The molecule has 2 heterocycles. The maximum atomic E-state index is 16.0. The number of amides is 1. The van der Waals surface area contributed by atoms with Crippen LogP contribution < -0.4 is 15.4 Å². The summed E-state index contributed by atoms with van der Waals surface area (Å²) in [6.45, 7) is 11.6. The smallest absolute Gasteiger partial charge is 0.407 e. The zero-order valence-corrected chi connectivity index (χ0v) is 27.1. The van der Waals surface area contributed by atoms with E-state index in [0.29, 0.717) is 27.7 Å². The number of thiazole rings is 1. The number of sulfonamides is 1. The number of ether oxygens (including phenoxy) is 1. The van der Waals surface area contributed by atoms with E-state index in [1.807, 2.05) is 25.5 Å². The van der Waals surface area contributed by atoms with E-state index in [9.17, 15) is 22.0 Å². The molecule has 0 fully saturated rings. The van der Waals surface area contributed by atoms with Crippen LogP contribution in [0.25, 0.3) is 21.8 Å². The first-order valence-corrected chi connectivity index (χ1v) is 16.1. The molecule has 0 unspecified atom stereocenters. The lowest BCUT2D eigenvalue weighted by atomic mass is 9.98. The number of nitrogens with one attached hydrogen (secondary N) is 3. The van der Waals surface area contributed by atoms with Gasteiger partial charge in [-0.05, 0) is 57.2 Å². The van der Waals surface area contributed by atoms with E-state index in [1.165, 1.54) is 35.7 Å². The van der Waals surface area contributed by atoms with Gasteiger partial charge in [-0.15, -0.1) is 11.3 Å². The molecule has 1 amide bonds. The van der Waals surface area contributed by atoms with E-state index in [4.69, 9.17) is 9.72 Å². The summed E-state index contributed by atoms with van der Waals surface area (Å²) in [7, 11) is -4.69. The Balaban J connectivity index is 1.65. The lowest BCUT2D eigenvalue weighted by Gasteiger charge is -2.19. The maximum absolute atomic E-state index is 16.0. The molecule has 2 aromatic carbocycles. The van der Waals surface area contributed by atoms with Crippen LogP contribution >= 0.6 is 11.3 Å². The second-order valence-electron chi connectivity index (χ2n) is 11.9. The second-order valence-corrected chi connectivity index (χ2v) is 14.6. The van der Waals surface area contributed by atoms with Gasteiger partial charge >= 0.3 is 6.09 Å². The van der Waals surface area contributed by atoms with Crippen LogP contribution in [0.2, 0.25) is 0 Å². The Morgan fingerprint density at radius 1 is 0.978 bits per heavy atom. The Morgan fingerprint density at radius 3 is 2.40 bits per heavy atom. The standard InChI is InChI=1S/C30H33F3N6O4S2/c1-29(2,3)26-38-24(18-8-7-9-20(23(18)33)39-45(41,42)22-16-17(31)10-11-19(22)32)25(44-26)21-12-13-34-27(37-21)35-14-15-36-28(40)43-30(4,5)6/h7-13,16,39H,14-15H2,1-6H3,(H,36,40)(H,34,35,37). The summed E-state index contributed by atoms with van der Waals surface area (Å²) in [4.78, 5) is 24.9. The van der Waals surface area contributed by atoms with E-state index >= 15 is 4.39 Å². The predicted octanol–water partition coefficient (Wildman–Crippen LogP) is 6.72. The molecule has 0 aliphatic rings. The van der Waals surface area contributed by atoms with Gasteiger partial charge in [0.15, 0.2) is 5.82 Å². The first kappa shape index (κ1) is 33.6. The van der Waals surface area contributed by atoms with Crippen molar-refractivity contribution in [3.8, 4) is 21.8 Å². The zero-order chi connectivity index (χ0) is 33.2. The van der Waals surface area contributed by atoms with Crippen LogP contribution in [0.5, 0.6) is 0 Å². The molecule has 4 aromatic rings. The SMILES string of the molecule is CC(C)(C)OC(=O)NCCNc1nccc(-c2sc(C(C)(C)C)nc2-c2cccc(NS(=O)(=O)c3cc(F)ccc3F)c2F)n1. The Morgan fingerprint density at radius 2 is 1.71 bits per heavy atom. The number of aromatic nitrogens is 3. The highest BCUT2D eigenvalue weighted by molar-refractivity contribution is 7.92. The van der Waals surface area contributed by atoms with Gasteiger partial charge in [-0.1, -0.05) is 26.8 Å². The summed E-state index contributed by atoms with van der Waals surface area (Å²) in [6.07, 6.45) is 0.955. The van der Waals surface area contributed by atoms with Gasteiger partial charge in [0, 0.05) is 30.3 Å².